The highest BCUT2D eigenvalue weighted by Gasteiger charge is 2.19. The van der Waals surface area contributed by atoms with Crippen molar-refractivity contribution >= 4 is 0 Å². The molecule has 0 radical (unpaired) electrons. The van der Waals surface area contributed by atoms with Crippen LogP contribution in [0.5, 0.6) is 0 Å². The molecule has 0 aliphatic carbocycles. The molecule has 1 saturated heterocycles. The zero-order chi connectivity index (χ0) is 10.2. The standard InChI is InChI=1S/C10H23N3O/c11-4-1-2-10(3-5-12)13-6-8-14-9-7-13/h10H,1-9,11-12H2. The molecule has 0 amide bonds. The average molecular weight is 201 g/mol. The van der Waals surface area contributed by atoms with Crippen LogP contribution in [-0.4, -0.2) is 50.3 Å². The van der Waals surface area contributed by atoms with Crippen LogP contribution in [0.25, 0.3) is 0 Å². The van der Waals surface area contributed by atoms with Gasteiger partial charge < -0.3 is 16.2 Å². The number of rotatable bonds is 6. The number of hydrogen-bond donors (Lipinski definition) is 2. The summed E-state index contributed by atoms with van der Waals surface area (Å²) in [6, 6.07) is 0.618. The highest BCUT2D eigenvalue weighted by molar-refractivity contribution is 4.74. The van der Waals surface area contributed by atoms with Gasteiger partial charge in [-0.05, 0) is 32.4 Å². The van der Waals surface area contributed by atoms with Gasteiger partial charge in [0.05, 0.1) is 13.2 Å². The van der Waals surface area contributed by atoms with E-state index >= 15 is 0 Å². The smallest absolute Gasteiger partial charge is 0.0594 e. The van der Waals surface area contributed by atoms with Crippen molar-refractivity contribution in [3.63, 3.8) is 0 Å². The fourth-order valence-electron chi connectivity index (χ4n) is 2.00. The Bertz CT molecular complexity index is 137. The van der Waals surface area contributed by atoms with Crippen LogP contribution in [-0.2, 0) is 4.74 Å². The Labute approximate surface area is 86.6 Å². The minimum atomic E-state index is 0.618. The molecule has 4 nitrogen and oxygen atoms in total. The van der Waals surface area contributed by atoms with E-state index in [2.05, 4.69) is 4.90 Å². The Kier molecular flexibility index (Phi) is 6.10. The molecule has 1 rings (SSSR count). The molecule has 0 spiro atoms. The third kappa shape index (κ3) is 3.92. The first-order chi connectivity index (χ1) is 6.88. The van der Waals surface area contributed by atoms with Crippen molar-refractivity contribution in [3.05, 3.63) is 0 Å². The van der Waals surface area contributed by atoms with E-state index in [9.17, 15) is 0 Å². The van der Waals surface area contributed by atoms with Crippen LogP contribution in [0, 0.1) is 0 Å². The van der Waals surface area contributed by atoms with Gasteiger partial charge in [0.25, 0.3) is 0 Å². The van der Waals surface area contributed by atoms with Gasteiger partial charge in [-0.25, -0.2) is 0 Å². The van der Waals surface area contributed by atoms with Crippen molar-refractivity contribution in [2.24, 2.45) is 11.5 Å². The lowest BCUT2D eigenvalue weighted by Gasteiger charge is -2.34. The van der Waals surface area contributed by atoms with Crippen LogP contribution in [0.1, 0.15) is 19.3 Å². The molecule has 4 N–H and O–H groups in total. The van der Waals surface area contributed by atoms with Gasteiger partial charge in [0.15, 0.2) is 0 Å². The predicted octanol–water partition coefficient (Wildman–Crippen LogP) is -0.225. The maximum absolute atomic E-state index is 5.62. The minimum Gasteiger partial charge on any atom is -0.379 e. The molecule has 1 heterocycles. The summed E-state index contributed by atoms with van der Waals surface area (Å²) in [6.07, 6.45) is 3.36. The molecule has 1 atom stereocenters. The first-order valence-corrected chi connectivity index (χ1v) is 5.60. The quantitative estimate of drug-likeness (QED) is 0.623. The number of nitrogens with two attached hydrogens (primary N) is 2. The van der Waals surface area contributed by atoms with Gasteiger partial charge in [-0.1, -0.05) is 0 Å². The summed E-state index contributed by atoms with van der Waals surface area (Å²) in [7, 11) is 0. The number of nitrogens with zero attached hydrogens (tertiary/aromatic N) is 1. The molecule has 84 valence electrons. The summed E-state index contributed by atoms with van der Waals surface area (Å²) in [4.78, 5) is 2.49. The normalized spacial score (nSPS) is 21.0. The molecule has 0 aromatic heterocycles. The van der Waals surface area contributed by atoms with Gasteiger partial charge >= 0.3 is 0 Å². The number of ether oxygens (including phenoxy) is 1. The van der Waals surface area contributed by atoms with E-state index in [-0.39, 0.29) is 0 Å². The van der Waals surface area contributed by atoms with E-state index in [1.54, 1.807) is 0 Å². The van der Waals surface area contributed by atoms with E-state index in [4.69, 9.17) is 16.2 Å². The molecule has 1 fully saturated rings. The molecule has 0 aromatic carbocycles. The summed E-state index contributed by atoms with van der Waals surface area (Å²) in [5.74, 6) is 0. The molecule has 1 aliphatic heterocycles. The van der Waals surface area contributed by atoms with Gasteiger partial charge in [-0.3, -0.25) is 4.90 Å². The fraction of sp³-hybridized carbons (Fsp3) is 1.00. The highest BCUT2D eigenvalue weighted by atomic mass is 16.5. The van der Waals surface area contributed by atoms with Crippen molar-refractivity contribution in [3.8, 4) is 0 Å². The molecule has 1 unspecified atom stereocenters. The van der Waals surface area contributed by atoms with E-state index in [0.29, 0.717) is 6.04 Å². The summed E-state index contributed by atoms with van der Waals surface area (Å²) in [5, 5.41) is 0. The molecule has 14 heavy (non-hydrogen) atoms. The monoisotopic (exact) mass is 201 g/mol. The van der Waals surface area contributed by atoms with E-state index < -0.39 is 0 Å². The number of hydrogen-bond acceptors (Lipinski definition) is 4. The second-order valence-electron chi connectivity index (χ2n) is 3.81. The largest absolute Gasteiger partial charge is 0.379 e. The van der Waals surface area contributed by atoms with Crippen LogP contribution in [0.15, 0.2) is 0 Å². The zero-order valence-corrected chi connectivity index (χ0v) is 8.95. The summed E-state index contributed by atoms with van der Waals surface area (Å²) < 4.78 is 5.33. The fourth-order valence-corrected chi connectivity index (χ4v) is 2.00. The Hall–Kier alpha value is -0.160. The average Bonchev–Trinajstić information content (AvgIpc) is 2.25. The van der Waals surface area contributed by atoms with E-state index in [1.807, 2.05) is 0 Å². The predicted molar refractivity (Wildman–Crippen MR) is 58.1 cm³/mol. The first kappa shape index (κ1) is 11.9. The van der Waals surface area contributed by atoms with Crippen molar-refractivity contribution in [1.82, 2.24) is 4.90 Å². The van der Waals surface area contributed by atoms with Crippen molar-refractivity contribution in [2.45, 2.75) is 25.3 Å². The molecule has 0 aromatic rings. The maximum atomic E-state index is 5.62. The zero-order valence-electron chi connectivity index (χ0n) is 8.95. The summed E-state index contributed by atoms with van der Waals surface area (Å²) in [6.45, 7) is 5.38. The van der Waals surface area contributed by atoms with Crippen molar-refractivity contribution in [1.29, 1.82) is 0 Å². The first-order valence-electron chi connectivity index (χ1n) is 5.60. The SMILES string of the molecule is NCCCC(CCN)N1CCOCC1. The van der Waals surface area contributed by atoms with Crippen molar-refractivity contribution in [2.75, 3.05) is 39.4 Å². The molecule has 4 heteroatoms. The van der Waals surface area contributed by atoms with Gasteiger partial charge in [-0.15, -0.1) is 0 Å². The Morgan fingerprint density at radius 3 is 2.36 bits per heavy atom. The second kappa shape index (κ2) is 7.17. The maximum Gasteiger partial charge on any atom is 0.0594 e. The third-order valence-corrected chi connectivity index (χ3v) is 2.80. The highest BCUT2D eigenvalue weighted by Crippen LogP contribution is 2.12. The van der Waals surface area contributed by atoms with Gasteiger partial charge in [0.2, 0.25) is 0 Å². The summed E-state index contributed by atoms with van der Waals surface area (Å²) in [5.41, 5.74) is 11.1. The lowest BCUT2D eigenvalue weighted by molar-refractivity contribution is 0.0132. The van der Waals surface area contributed by atoms with Gasteiger partial charge in [0, 0.05) is 19.1 Å². The third-order valence-electron chi connectivity index (χ3n) is 2.80. The summed E-state index contributed by atoms with van der Waals surface area (Å²) >= 11 is 0. The second-order valence-corrected chi connectivity index (χ2v) is 3.81. The van der Waals surface area contributed by atoms with Gasteiger partial charge in [-0.2, -0.15) is 0 Å². The van der Waals surface area contributed by atoms with Gasteiger partial charge in [0.1, 0.15) is 0 Å². The molecule has 0 saturated carbocycles. The van der Waals surface area contributed by atoms with Crippen molar-refractivity contribution < 1.29 is 4.74 Å². The molecular formula is C10H23N3O. The minimum absolute atomic E-state index is 0.618. The topological polar surface area (TPSA) is 64.5 Å². The van der Waals surface area contributed by atoms with Crippen LogP contribution in [0.3, 0.4) is 0 Å². The van der Waals surface area contributed by atoms with E-state index in [0.717, 1.165) is 52.2 Å². The Morgan fingerprint density at radius 2 is 1.79 bits per heavy atom. The lowest BCUT2D eigenvalue weighted by Crippen LogP contribution is -2.44. The number of morpholine rings is 1. The Morgan fingerprint density at radius 1 is 1.07 bits per heavy atom. The molecule has 0 bridgehead atoms. The Balaban J connectivity index is 2.30. The van der Waals surface area contributed by atoms with Crippen LogP contribution in [0.4, 0.5) is 0 Å². The van der Waals surface area contributed by atoms with E-state index in [1.165, 1.54) is 6.42 Å². The van der Waals surface area contributed by atoms with Crippen LogP contribution in [0.2, 0.25) is 0 Å². The van der Waals surface area contributed by atoms with Crippen LogP contribution >= 0.6 is 0 Å². The van der Waals surface area contributed by atoms with Crippen LogP contribution < -0.4 is 11.5 Å². The molecular weight excluding hydrogens is 178 g/mol. The molecule has 1 aliphatic rings. The lowest BCUT2D eigenvalue weighted by atomic mass is 10.1.